The zero-order chi connectivity index (χ0) is 25.7. The molecule has 182 valence electrons. The third-order valence-corrected chi connectivity index (χ3v) is 5.71. The van der Waals surface area contributed by atoms with Crippen LogP contribution in [0.4, 0.5) is 15.9 Å². The smallest absolute Gasteiger partial charge is 0.338 e. The van der Waals surface area contributed by atoms with Crippen LogP contribution < -0.4 is 15.8 Å². The summed E-state index contributed by atoms with van der Waals surface area (Å²) >= 11 is 12.4. The number of aromatic nitrogens is 2. The number of nitrogens with two attached hydrogens (primary N) is 1. The van der Waals surface area contributed by atoms with Gasteiger partial charge in [-0.25, -0.2) is 9.18 Å². The quantitative estimate of drug-likeness (QED) is 0.253. The van der Waals surface area contributed by atoms with Gasteiger partial charge in [0.15, 0.2) is 17.3 Å². The van der Waals surface area contributed by atoms with Crippen LogP contribution in [0.15, 0.2) is 42.5 Å². The molecule has 13 heteroatoms. The molecule has 1 aromatic heterocycles. The van der Waals surface area contributed by atoms with Crippen molar-refractivity contribution in [1.29, 1.82) is 0 Å². The number of anilines is 2. The second-order valence-electron chi connectivity index (χ2n) is 7.24. The van der Waals surface area contributed by atoms with E-state index in [1.54, 1.807) is 6.82 Å². The van der Waals surface area contributed by atoms with E-state index < -0.39 is 30.6 Å². The molecule has 3 aromatic rings. The number of esters is 1. The minimum absolute atomic E-state index is 0.0171. The molecular formula is C22H20BCl2FN4O5. The molecule has 1 heterocycles. The number of nitrogens with zero attached hydrogens (tertiary/aromatic N) is 2. The Hall–Kier alpha value is -3.41. The van der Waals surface area contributed by atoms with Gasteiger partial charge < -0.3 is 25.2 Å². The van der Waals surface area contributed by atoms with Crippen LogP contribution >= 0.6 is 23.2 Å². The fourth-order valence-electron chi connectivity index (χ4n) is 3.05. The van der Waals surface area contributed by atoms with Crippen LogP contribution in [0.25, 0.3) is 0 Å². The average molecular weight is 521 g/mol. The van der Waals surface area contributed by atoms with E-state index in [4.69, 9.17) is 38.3 Å². The Morgan fingerprint density at radius 2 is 1.80 bits per heavy atom. The summed E-state index contributed by atoms with van der Waals surface area (Å²) in [6, 6.07) is 8.79. The Kier molecular flexibility index (Phi) is 8.50. The van der Waals surface area contributed by atoms with Crippen LogP contribution in [0.5, 0.6) is 5.75 Å². The van der Waals surface area contributed by atoms with Crippen molar-refractivity contribution in [3.63, 3.8) is 0 Å². The molecule has 35 heavy (non-hydrogen) atoms. The van der Waals surface area contributed by atoms with Crippen molar-refractivity contribution in [3.05, 3.63) is 75.1 Å². The van der Waals surface area contributed by atoms with Crippen LogP contribution in [-0.4, -0.2) is 43.2 Å². The van der Waals surface area contributed by atoms with Gasteiger partial charge in [0.2, 0.25) is 0 Å². The maximum absolute atomic E-state index is 14.2. The van der Waals surface area contributed by atoms with Gasteiger partial charge in [-0.3, -0.25) is 4.79 Å². The molecule has 3 N–H and O–H groups in total. The molecular weight excluding hydrogens is 501 g/mol. The lowest BCUT2D eigenvalue weighted by molar-refractivity contribution is 0.0600. The van der Waals surface area contributed by atoms with E-state index in [1.807, 2.05) is 0 Å². The fourth-order valence-corrected chi connectivity index (χ4v) is 3.63. The van der Waals surface area contributed by atoms with E-state index in [2.05, 4.69) is 20.3 Å². The number of amides is 1. The molecule has 0 fully saturated rings. The molecule has 1 unspecified atom stereocenters. The molecule has 0 aliphatic heterocycles. The first-order valence-corrected chi connectivity index (χ1v) is 10.9. The second-order valence-corrected chi connectivity index (χ2v) is 8.02. The van der Waals surface area contributed by atoms with E-state index in [9.17, 15) is 14.0 Å². The largest absolute Gasteiger partial charge is 0.487 e. The summed E-state index contributed by atoms with van der Waals surface area (Å²) in [4.78, 5) is 24.3. The topological polar surface area (TPSA) is 126 Å². The Morgan fingerprint density at radius 1 is 1.11 bits per heavy atom. The number of halogens is 3. The zero-order valence-electron chi connectivity index (χ0n) is 18.8. The Labute approximate surface area is 210 Å². The molecule has 0 aliphatic carbocycles. The zero-order valence-corrected chi connectivity index (χ0v) is 20.4. The van der Waals surface area contributed by atoms with Gasteiger partial charge in [0, 0.05) is 29.4 Å². The first-order valence-electron chi connectivity index (χ1n) is 10.1. The standard InChI is InChI=1S/C22H20BCl2FN4O5/c1-23(34-3)19(17-13(24)8-9-14(26)18(17)25)35-16-10-15(29-30-20(16)27)21(31)28-12-6-4-11(5-7-12)22(32)33-2/h4-10,19H,1-3H3,(H2,27,30)(H,28,31). The van der Waals surface area contributed by atoms with Gasteiger partial charge in [0.1, 0.15) is 11.8 Å². The number of ether oxygens (including phenoxy) is 2. The van der Waals surface area contributed by atoms with Crippen LogP contribution in [0, 0.1) is 5.82 Å². The van der Waals surface area contributed by atoms with Crippen LogP contribution in [0.2, 0.25) is 16.9 Å². The Bertz CT molecular complexity index is 1250. The third kappa shape index (κ3) is 6.00. The minimum atomic E-state index is -0.996. The normalized spacial score (nSPS) is 11.5. The summed E-state index contributed by atoms with van der Waals surface area (Å²) in [6.07, 6.45) is 0. The molecule has 0 aliphatic rings. The molecule has 0 radical (unpaired) electrons. The first-order chi connectivity index (χ1) is 16.7. The molecule has 0 spiro atoms. The molecule has 9 nitrogen and oxygen atoms in total. The van der Waals surface area contributed by atoms with Gasteiger partial charge in [-0.1, -0.05) is 30.0 Å². The summed E-state index contributed by atoms with van der Waals surface area (Å²) in [5, 5.41) is 10.1. The molecule has 0 bridgehead atoms. The van der Waals surface area contributed by atoms with Gasteiger partial charge in [-0.2, -0.15) is 0 Å². The van der Waals surface area contributed by atoms with Gasteiger partial charge >= 0.3 is 12.9 Å². The van der Waals surface area contributed by atoms with Crippen molar-refractivity contribution in [2.75, 3.05) is 25.3 Å². The number of carbonyl (C=O) groups is 2. The summed E-state index contributed by atoms with van der Waals surface area (Å²) in [6.45, 7) is 1.02. The summed E-state index contributed by atoms with van der Waals surface area (Å²) in [5.74, 6) is -1.96. The first kappa shape index (κ1) is 26.2. The van der Waals surface area contributed by atoms with Crippen molar-refractivity contribution in [2.24, 2.45) is 0 Å². The van der Waals surface area contributed by atoms with Crippen molar-refractivity contribution < 1.29 is 28.1 Å². The maximum atomic E-state index is 14.2. The predicted molar refractivity (Wildman–Crippen MR) is 131 cm³/mol. The maximum Gasteiger partial charge on any atom is 0.338 e. The summed E-state index contributed by atoms with van der Waals surface area (Å²) < 4.78 is 30.1. The Morgan fingerprint density at radius 3 is 2.43 bits per heavy atom. The number of nitrogens with one attached hydrogen (secondary N) is 1. The van der Waals surface area contributed by atoms with Crippen molar-refractivity contribution in [1.82, 2.24) is 10.2 Å². The molecule has 2 aromatic carbocycles. The van der Waals surface area contributed by atoms with E-state index in [1.165, 1.54) is 50.6 Å². The summed E-state index contributed by atoms with van der Waals surface area (Å²) in [5.41, 5.74) is 6.67. The van der Waals surface area contributed by atoms with E-state index in [-0.39, 0.29) is 32.9 Å². The van der Waals surface area contributed by atoms with Gasteiger partial charge in [0.05, 0.1) is 17.7 Å². The highest BCUT2D eigenvalue weighted by Gasteiger charge is 2.32. The minimum Gasteiger partial charge on any atom is -0.487 e. The molecule has 3 rings (SSSR count). The van der Waals surface area contributed by atoms with E-state index >= 15 is 0 Å². The van der Waals surface area contributed by atoms with Crippen molar-refractivity contribution >= 4 is 53.5 Å². The predicted octanol–water partition coefficient (Wildman–Crippen LogP) is 4.47. The van der Waals surface area contributed by atoms with Crippen LogP contribution in [-0.2, 0) is 9.39 Å². The highest BCUT2D eigenvalue weighted by Crippen LogP contribution is 2.37. The molecule has 1 amide bonds. The van der Waals surface area contributed by atoms with Crippen molar-refractivity contribution in [2.45, 2.75) is 12.8 Å². The highest BCUT2D eigenvalue weighted by molar-refractivity contribution is 6.52. The number of benzene rings is 2. The number of hydrogen-bond donors (Lipinski definition) is 2. The lowest BCUT2D eigenvalue weighted by atomic mass is 9.62. The van der Waals surface area contributed by atoms with Gasteiger partial charge in [0.25, 0.3) is 5.91 Å². The second kappa shape index (κ2) is 11.3. The number of rotatable bonds is 8. The van der Waals surface area contributed by atoms with Crippen LogP contribution in [0.3, 0.4) is 0 Å². The monoisotopic (exact) mass is 520 g/mol. The Balaban J connectivity index is 1.88. The lowest BCUT2D eigenvalue weighted by Gasteiger charge is -2.24. The third-order valence-electron chi connectivity index (χ3n) is 5.00. The average Bonchev–Trinajstić information content (AvgIpc) is 2.86. The van der Waals surface area contributed by atoms with E-state index in [0.29, 0.717) is 11.3 Å². The van der Waals surface area contributed by atoms with Crippen molar-refractivity contribution in [3.8, 4) is 5.75 Å². The summed E-state index contributed by atoms with van der Waals surface area (Å²) in [7, 11) is 2.70. The van der Waals surface area contributed by atoms with E-state index in [0.717, 1.165) is 6.07 Å². The van der Waals surface area contributed by atoms with Gasteiger partial charge in [-0.15, -0.1) is 10.2 Å². The number of hydrogen-bond acceptors (Lipinski definition) is 8. The number of nitrogen functional groups attached to an aromatic ring is 1. The lowest BCUT2D eigenvalue weighted by Crippen LogP contribution is -2.29. The molecule has 0 saturated heterocycles. The number of carbonyl (C=O) groups excluding carboxylic acids is 2. The number of methoxy groups -OCH3 is 1. The SMILES string of the molecule is COB(C)C(Oc1cc(C(=O)Nc2ccc(C(=O)OC)cc2)nnc1N)c1c(Cl)ccc(F)c1Cl. The molecule has 1 atom stereocenters. The molecule has 0 saturated carbocycles. The fraction of sp³-hybridized carbons (Fsp3) is 0.182. The highest BCUT2D eigenvalue weighted by atomic mass is 35.5. The van der Waals surface area contributed by atoms with Gasteiger partial charge in [-0.05, 0) is 36.4 Å². The van der Waals surface area contributed by atoms with Crippen LogP contribution in [0.1, 0.15) is 32.4 Å².